The van der Waals surface area contributed by atoms with Gasteiger partial charge in [0.15, 0.2) is 0 Å². The highest BCUT2D eigenvalue weighted by Crippen LogP contribution is 2.28. The summed E-state index contributed by atoms with van der Waals surface area (Å²) >= 11 is 0. The molecule has 2 aromatic carbocycles. The molecule has 1 aliphatic heterocycles. The number of nitrogens with zero attached hydrogens (tertiary/aromatic N) is 2. The van der Waals surface area contributed by atoms with E-state index in [2.05, 4.69) is 17.1 Å². The number of hydrogen-bond acceptors (Lipinski definition) is 5. The molecule has 0 bridgehead atoms. The quantitative estimate of drug-likeness (QED) is 0.513. The van der Waals surface area contributed by atoms with Crippen LogP contribution in [0.4, 0.5) is 15.8 Å². The summed E-state index contributed by atoms with van der Waals surface area (Å²) in [4.78, 5) is 16.7. The van der Waals surface area contributed by atoms with Gasteiger partial charge in [0.1, 0.15) is 11.6 Å². The van der Waals surface area contributed by atoms with Gasteiger partial charge in [-0.15, -0.1) is 0 Å². The highest BCUT2D eigenvalue weighted by atomic mass is 19.1. The van der Waals surface area contributed by atoms with Crippen LogP contribution in [0.1, 0.15) is 50.4 Å². The van der Waals surface area contributed by atoms with Crippen LogP contribution in [0.25, 0.3) is 0 Å². The van der Waals surface area contributed by atoms with Gasteiger partial charge in [-0.05, 0) is 76.2 Å². The minimum atomic E-state index is -0.768. The second kappa shape index (κ2) is 11.0. The topological polar surface area (TPSA) is 65.0 Å². The van der Waals surface area contributed by atoms with Crippen LogP contribution in [-0.4, -0.2) is 60.8 Å². The molecule has 0 aromatic heterocycles. The molecule has 3 rings (SSSR count). The second-order valence-corrected chi connectivity index (χ2v) is 9.46. The molecule has 0 saturated carbocycles. The molecule has 7 heteroatoms. The van der Waals surface area contributed by atoms with Gasteiger partial charge in [-0.3, -0.25) is 9.69 Å². The lowest BCUT2D eigenvalue weighted by Crippen LogP contribution is -2.43. The van der Waals surface area contributed by atoms with Crippen molar-refractivity contribution in [2.45, 2.75) is 51.7 Å². The molecule has 1 amide bonds. The predicted molar refractivity (Wildman–Crippen MR) is 131 cm³/mol. The maximum atomic E-state index is 14.9. The van der Waals surface area contributed by atoms with Gasteiger partial charge in [0.25, 0.3) is 5.91 Å². The Balaban J connectivity index is 1.58. The van der Waals surface area contributed by atoms with E-state index in [1.54, 1.807) is 50.2 Å². The van der Waals surface area contributed by atoms with E-state index in [1.165, 1.54) is 6.07 Å². The Morgan fingerprint density at radius 3 is 2.64 bits per heavy atom. The normalized spacial score (nSPS) is 16.3. The van der Waals surface area contributed by atoms with Crippen LogP contribution in [-0.2, 0) is 0 Å². The summed E-state index contributed by atoms with van der Waals surface area (Å²) in [5.74, 6) is 0.0718. The van der Waals surface area contributed by atoms with Gasteiger partial charge in [-0.1, -0.05) is 13.3 Å². The van der Waals surface area contributed by atoms with E-state index in [9.17, 15) is 14.3 Å². The van der Waals surface area contributed by atoms with E-state index in [-0.39, 0.29) is 17.8 Å². The molecular weight excluding hydrogens is 421 g/mol. The summed E-state index contributed by atoms with van der Waals surface area (Å²) in [7, 11) is 1.99. The molecule has 33 heavy (non-hydrogen) atoms. The maximum absolute atomic E-state index is 14.9. The van der Waals surface area contributed by atoms with Crippen LogP contribution < -0.4 is 15.0 Å². The fraction of sp³-hybridized carbons (Fsp3) is 0.500. The van der Waals surface area contributed by atoms with Crippen molar-refractivity contribution >= 4 is 17.3 Å². The number of benzene rings is 2. The number of aliphatic hydroxyl groups is 1. The van der Waals surface area contributed by atoms with Crippen LogP contribution >= 0.6 is 0 Å². The summed E-state index contributed by atoms with van der Waals surface area (Å²) in [5, 5.41) is 12.8. The third-order valence-electron chi connectivity index (χ3n) is 5.85. The fourth-order valence-electron chi connectivity index (χ4n) is 4.14. The smallest absolute Gasteiger partial charge is 0.255 e. The van der Waals surface area contributed by atoms with Crippen molar-refractivity contribution in [3.05, 3.63) is 53.8 Å². The van der Waals surface area contributed by atoms with Crippen molar-refractivity contribution in [3.8, 4) is 5.75 Å². The first-order valence-corrected chi connectivity index (χ1v) is 11.7. The summed E-state index contributed by atoms with van der Waals surface area (Å²) in [5.41, 5.74) is 0.662. The first-order valence-electron chi connectivity index (χ1n) is 11.7. The molecule has 0 radical (unpaired) electrons. The Labute approximate surface area is 196 Å². The molecule has 1 fully saturated rings. The molecule has 0 unspecified atom stereocenters. The molecule has 1 atom stereocenters. The van der Waals surface area contributed by atoms with Gasteiger partial charge in [-0.25, -0.2) is 4.39 Å². The average molecular weight is 458 g/mol. The lowest BCUT2D eigenvalue weighted by Gasteiger charge is -2.30. The SMILES string of the molecule is CCCCOc1ccc(C(=O)Nc2ccc(N3CC[C@@H](N(C)CC(C)(C)O)C3)c(F)c2)cc1. The maximum Gasteiger partial charge on any atom is 0.255 e. The molecule has 2 N–H and O–H groups in total. The van der Waals surface area contributed by atoms with E-state index < -0.39 is 5.60 Å². The number of unbranched alkanes of at least 4 members (excludes halogenated alkanes) is 1. The predicted octanol–water partition coefficient (Wildman–Crippen LogP) is 4.54. The van der Waals surface area contributed by atoms with Crippen LogP contribution in [0.5, 0.6) is 5.75 Å². The summed E-state index contributed by atoms with van der Waals surface area (Å²) in [6.07, 6.45) is 2.95. The molecule has 1 saturated heterocycles. The Bertz CT molecular complexity index is 927. The van der Waals surface area contributed by atoms with Crippen LogP contribution in [0.2, 0.25) is 0 Å². The zero-order valence-electron chi connectivity index (χ0n) is 20.1. The first kappa shape index (κ1) is 25.0. The highest BCUT2D eigenvalue weighted by molar-refractivity contribution is 6.04. The number of halogens is 1. The van der Waals surface area contributed by atoms with Gasteiger partial charge >= 0.3 is 0 Å². The van der Waals surface area contributed by atoms with Crippen LogP contribution in [0.15, 0.2) is 42.5 Å². The largest absolute Gasteiger partial charge is 0.494 e. The van der Waals surface area contributed by atoms with Gasteiger partial charge in [0.2, 0.25) is 0 Å². The highest BCUT2D eigenvalue weighted by Gasteiger charge is 2.29. The number of nitrogens with one attached hydrogen (secondary N) is 1. The van der Waals surface area contributed by atoms with E-state index >= 15 is 0 Å². The fourth-order valence-corrected chi connectivity index (χ4v) is 4.14. The van der Waals surface area contributed by atoms with Crippen LogP contribution in [0.3, 0.4) is 0 Å². The van der Waals surface area contributed by atoms with Crippen molar-refractivity contribution in [2.24, 2.45) is 0 Å². The van der Waals surface area contributed by atoms with E-state index in [1.807, 2.05) is 11.9 Å². The Morgan fingerprint density at radius 2 is 2.00 bits per heavy atom. The molecule has 0 spiro atoms. The average Bonchev–Trinajstić information content (AvgIpc) is 3.23. The van der Waals surface area contributed by atoms with Gasteiger partial charge in [0, 0.05) is 36.9 Å². The number of anilines is 2. The standard InChI is InChI=1S/C26H36FN3O3/c1-5-6-15-33-22-10-7-19(8-11-22)25(31)28-20-9-12-24(23(27)16-20)30-14-13-21(17-30)29(4)18-26(2,3)32/h7-12,16,21,32H,5-6,13-15,17-18H2,1-4H3,(H,28,31)/t21-/m1/s1. The zero-order chi connectivity index (χ0) is 24.0. The van der Waals surface area contributed by atoms with Crippen molar-refractivity contribution in [3.63, 3.8) is 0 Å². The summed E-state index contributed by atoms with van der Waals surface area (Å²) in [6, 6.07) is 12.0. The molecular formula is C26H36FN3O3. The Hall–Kier alpha value is -2.64. The lowest BCUT2D eigenvalue weighted by atomic mass is 10.1. The zero-order valence-corrected chi connectivity index (χ0v) is 20.1. The van der Waals surface area contributed by atoms with Crippen molar-refractivity contribution < 1.29 is 19.0 Å². The van der Waals surface area contributed by atoms with Crippen LogP contribution in [0, 0.1) is 5.82 Å². The number of carbonyl (C=O) groups excluding carboxylic acids is 1. The number of amides is 1. The third kappa shape index (κ3) is 7.17. The molecule has 6 nitrogen and oxygen atoms in total. The second-order valence-electron chi connectivity index (χ2n) is 9.46. The number of hydrogen-bond donors (Lipinski definition) is 2. The van der Waals surface area contributed by atoms with E-state index in [0.29, 0.717) is 36.6 Å². The van der Waals surface area contributed by atoms with E-state index in [4.69, 9.17) is 4.74 Å². The molecule has 180 valence electrons. The lowest BCUT2D eigenvalue weighted by molar-refractivity contribution is 0.0340. The minimum absolute atomic E-state index is 0.254. The Morgan fingerprint density at radius 1 is 1.27 bits per heavy atom. The third-order valence-corrected chi connectivity index (χ3v) is 5.85. The van der Waals surface area contributed by atoms with Gasteiger partial charge in [0.05, 0.1) is 17.9 Å². The van der Waals surface area contributed by atoms with Gasteiger partial charge in [-0.2, -0.15) is 0 Å². The summed E-state index contributed by atoms with van der Waals surface area (Å²) in [6.45, 7) is 8.34. The van der Waals surface area contributed by atoms with Crippen molar-refractivity contribution in [2.75, 3.05) is 43.5 Å². The monoisotopic (exact) mass is 457 g/mol. The van der Waals surface area contributed by atoms with Crippen molar-refractivity contribution in [1.82, 2.24) is 4.90 Å². The van der Waals surface area contributed by atoms with Crippen molar-refractivity contribution in [1.29, 1.82) is 0 Å². The number of rotatable bonds is 10. The number of ether oxygens (including phenoxy) is 1. The van der Waals surface area contributed by atoms with E-state index in [0.717, 1.165) is 31.6 Å². The molecule has 0 aliphatic carbocycles. The molecule has 1 aliphatic rings. The first-order chi connectivity index (χ1) is 15.7. The van der Waals surface area contributed by atoms with Gasteiger partial charge < -0.3 is 20.1 Å². The number of carbonyl (C=O) groups is 1. The number of likely N-dealkylation sites (N-methyl/N-ethyl adjacent to an activating group) is 1. The minimum Gasteiger partial charge on any atom is -0.494 e. The Kier molecular flexibility index (Phi) is 8.32. The summed E-state index contributed by atoms with van der Waals surface area (Å²) < 4.78 is 20.5. The molecule has 2 aromatic rings. The molecule has 1 heterocycles.